The smallest absolute Gasteiger partial charge is 0.187 e. The number of allylic oxidation sites excluding steroid dienone is 2. The van der Waals surface area contributed by atoms with Crippen LogP contribution in [0, 0.1) is 0 Å². The second kappa shape index (κ2) is 6.11. The Bertz CT molecular complexity index is 366. The van der Waals surface area contributed by atoms with Gasteiger partial charge >= 0.3 is 0 Å². The van der Waals surface area contributed by atoms with Crippen LogP contribution < -0.4 is 5.32 Å². The van der Waals surface area contributed by atoms with E-state index in [2.05, 4.69) is 19.2 Å². The molecule has 0 aromatic heterocycles. The van der Waals surface area contributed by atoms with E-state index in [1.807, 2.05) is 37.3 Å². The number of rotatable bonds is 5. The molecule has 1 aromatic carbocycles. The maximum absolute atomic E-state index is 11.9. The van der Waals surface area contributed by atoms with Gasteiger partial charge in [0.2, 0.25) is 0 Å². The summed E-state index contributed by atoms with van der Waals surface area (Å²) in [7, 11) is 0. The summed E-state index contributed by atoms with van der Waals surface area (Å²) in [6.07, 6.45) is 2.53. The van der Waals surface area contributed by atoms with Gasteiger partial charge in [-0.05, 0) is 20.3 Å². The van der Waals surface area contributed by atoms with Gasteiger partial charge in [-0.15, -0.1) is 0 Å². The van der Waals surface area contributed by atoms with Crippen molar-refractivity contribution in [1.29, 1.82) is 0 Å². The lowest BCUT2D eigenvalue weighted by Gasteiger charge is -2.12. The van der Waals surface area contributed by atoms with Crippen LogP contribution in [0.15, 0.2) is 42.1 Å². The lowest BCUT2D eigenvalue weighted by molar-refractivity contribution is 0.104. The van der Waals surface area contributed by atoms with E-state index in [-0.39, 0.29) is 5.78 Å². The van der Waals surface area contributed by atoms with Gasteiger partial charge in [0, 0.05) is 23.4 Å². The standard InChI is InChI=1S/C14H19NO/c1-4-13(15-11(2)3)10-14(16)12-8-6-5-7-9-12/h5-11,15H,4H2,1-3H3/b13-10-. The predicted molar refractivity (Wildman–Crippen MR) is 67.4 cm³/mol. The molecule has 0 aliphatic rings. The van der Waals surface area contributed by atoms with Crippen LogP contribution in [0.1, 0.15) is 37.6 Å². The SMILES string of the molecule is CC/C(=C/C(=O)c1ccccc1)NC(C)C. The predicted octanol–water partition coefficient (Wildman–Crippen LogP) is 3.16. The number of hydrogen-bond acceptors (Lipinski definition) is 2. The van der Waals surface area contributed by atoms with Crippen LogP contribution in [0.3, 0.4) is 0 Å². The third-order valence-corrected chi connectivity index (χ3v) is 2.22. The highest BCUT2D eigenvalue weighted by Gasteiger charge is 2.04. The van der Waals surface area contributed by atoms with E-state index in [1.54, 1.807) is 6.08 Å². The van der Waals surface area contributed by atoms with Gasteiger partial charge in [-0.1, -0.05) is 37.3 Å². The van der Waals surface area contributed by atoms with Crippen molar-refractivity contribution in [2.75, 3.05) is 0 Å². The van der Waals surface area contributed by atoms with Gasteiger partial charge in [-0.25, -0.2) is 0 Å². The molecule has 2 heteroatoms. The van der Waals surface area contributed by atoms with E-state index in [9.17, 15) is 4.79 Å². The van der Waals surface area contributed by atoms with Crippen molar-refractivity contribution < 1.29 is 4.79 Å². The molecule has 0 fully saturated rings. The molecule has 1 N–H and O–H groups in total. The van der Waals surface area contributed by atoms with Gasteiger partial charge in [0.15, 0.2) is 5.78 Å². The number of carbonyl (C=O) groups excluding carboxylic acids is 1. The normalized spacial score (nSPS) is 11.6. The highest BCUT2D eigenvalue weighted by atomic mass is 16.1. The van der Waals surface area contributed by atoms with Crippen LogP contribution in [0.25, 0.3) is 0 Å². The maximum atomic E-state index is 11.9. The summed E-state index contributed by atoms with van der Waals surface area (Å²) in [5, 5.41) is 3.27. The Hall–Kier alpha value is -1.57. The minimum atomic E-state index is 0.0607. The second-order valence-corrected chi connectivity index (χ2v) is 4.05. The Balaban J connectivity index is 2.78. The van der Waals surface area contributed by atoms with Crippen LogP contribution in [-0.2, 0) is 0 Å². The fraction of sp³-hybridized carbons (Fsp3) is 0.357. The summed E-state index contributed by atoms with van der Waals surface area (Å²) < 4.78 is 0. The molecule has 16 heavy (non-hydrogen) atoms. The van der Waals surface area contributed by atoms with Crippen LogP contribution in [0.5, 0.6) is 0 Å². The highest BCUT2D eigenvalue weighted by molar-refractivity contribution is 6.04. The lowest BCUT2D eigenvalue weighted by atomic mass is 10.1. The molecule has 0 amide bonds. The third kappa shape index (κ3) is 3.89. The zero-order chi connectivity index (χ0) is 12.0. The van der Waals surface area contributed by atoms with Crippen LogP contribution >= 0.6 is 0 Å². The molecule has 1 aromatic rings. The molecule has 0 spiro atoms. The molecule has 0 radical (unpaired) electrons. The van der Waals surface area contributed by atoms with E-state index < -0.39 is 0 Å². The highest BCUT2D eigenvalue weighted by Crippen LogP contribution is 2.05. The summed E-state index contributed by atoms with van der Waals surface area (Å²) in [5.74, 6) is 0.0607. The van der Waals surface area contributed by atoms with Crippen molar-refractivity contribution in [3.8, 4) is 0 Å². The second-order valence-electron chi connectivity index (χ2n) is 4.05. The van der Waals surface area contributed by atoms with Gasteiger partial charge in [-0.3, -0.25) is 4.79 Å². The van der Waals surface area contributed by atoms with Crippen molar-refractivity contribution in [3.05, 3.63) is 47.7 Å². The van der Waals surface area contributed by atoms with E-state index in [4.69, 9.17) is 0 Å². The minimum Gasteiger partial charge on any atom is -0.386 e. The molecule has 0 atom stereocenters. The van der Waals surface area contributed by atoms with Gasteiger partial charge in [-0.2, -0.15) is 0 Å². The average Bonchev–Trinajstić information content (AvgIpc) is 2.28. The average molecular weight is 217 g/mol. The van der Waals surface area contributed by atoms with Crippen LogP contribution in [0.2, 0.25) is 0 Å². The fourth-order valence-electron chi connectivity index (χ4n) is 1.46. The zero-order valence-electron chi connectivity index (χ0n) is 10.2. The minimum absolute atomic E-state index is 0.0607. The monoisotopic (exact) mass is 217 g/mol. The first kappa shape index (κ1) is 12.5. The molecular weight excluding hydrogens is 198 g/mol. The maximum Gasteiger partial charge on any atom is 0.187 e. The molecule has 1 rings (SSSR count). The first-order valence-electron chi connectivity index (χ1n) is 5.70. The Morgan fingerprint density at radius 2 is 1.94 bits per heavy atom. The van der Waals surface area contributed by atoms with E-state index in [1.165, 1.54) is 0 Å². The summed E-state index contributed by atoms with van der Waals surface area (Å²) in [6, 6.07) is 9.69. The molecule has 86 valence electrons. The molecule has 0 unspecified atom stereocenters. The quantitative estimate of drug-likeness (QED) is 0.606. The van der Waals surface area contributed by atoms with Crippen molar-refractivity contribution in [3.63, 3.8) is 0 Å². The van der Waals surface area contributed by atoms with Crippen molar-refractivity contribution >= 4 is 5.78 Å². The van der Waals surface area contributed by atoms with Gasteiger partial charge < -0.3 is 5.32 Å². The molecule has 0 aliphatic carbocycles. The van der Waals surface area contributed by atoms with Crippen LogP contribution in [0.4, 0.5) is 0 Å². The van der Waals surface area contributed by atoms with E-state index >= 15 is 0 Å². The number of carbonyl (C=O) groups is 1. The number of ketones is 1. The lowest BCUT2D eigenvalue weighted by Crippen LogP contribution is -2.22. The molecule has 0 saturated carbocycles. The van der Waals surface area contributed by atoms with Crippen molar-refractivity contribution in [2.45, 2.75) is 33.2 Å². The largest absolute Gasteiger partial charge is 0.386 e. The first-order chi connectivity index (χ1) is 7.63. The van der Waals surface area contributed by atoms with Gasteiger partial charge in [0.25, 0.3) is 0 Å². The molecule has 0 aliphatic heterocycles. The fourth-order valence-corrected chi connectivity index (χ4v) is 1.46. The first-order valence-corrected chi connectivity index (χ1v) is 5.70. The van der Waals surface area contributed by atoms with Crippen LogP contribution in [-0.4, -0.2) is 11.8 Å². The summed E-state index contributed by atoms with van der Waals surface area (Å²) in [6.45, 7) is 6.17. The van der Waals surface area contributed by atoms with Crippen molar-refractivity contribution in [2.24, 2.45) is 0 Å². The Morgan fingerprint density at radius 1 is 1.31 bits per heavy atom. The Kier molecular flexibility index (Phi) is 4.77. The van der Waals surface area contributed by atoms with Crippen molar-refractivity contribution in [1.82, 2.24) is 5.32 Å². The number of hydrogen-bond donors (Lipinski definition) is 1. The summed E-state index contributed by atoms with van der Waals surface area (Å²) >= 11 is 0. The molecule has 0 saturated heterocycles. The number of benzene rings is 1. The zero-order valence-corrected chi connectivity index (χ0v) is 10.2. The molecule has 0 bridgehead atoms. The molecule has 2 nitrogen and oxygen atoms in total. The number of nitrogens with one attached hydrogen (secondary N) is 1. The van der Waals surface area contributed by atoms with E-state index in [0.29, 0.717) is 6.04 Å². The molecular formula is C14H19NO. The molecule has 0 heterocycles. The Labute approximate surface area is 97.4 Å². The van der Waals surface area contributed by atoms with E-state index in [0.717, 1.165) is 17.7 Å². The van der Waals surface area contributed by atoms with Gasteiger partial charge in [0.1, 0.15) is 0 Å². The van der Waals surface area contributed by atoms with Gasteiger partial charge in [0.05, 0.1) is 0 Å². The third-order valence-electron chi connectivity index (χ3n) is 2.22. The summed E-state index contributed by atoms with van der Waals surface area (Å²) in [5.41, 5.74) is 1.72. The topological polar surface area (TPSA) is 29.1 Å². The Morgan fingerprint density at radius 3 is 2.44 bits per heavy atom. The summed E-state index contributed by atoms with van der Waals surface area (Å²) in [4.78, 5) is 11.9.